The molecule has 1 saturated heterocycles. The summed E-state index contributed by atoms with van der Waals surface area (Å²) in [5.41, 5.74) is 2.83. The highest BCUT2D eigenvalue weighted by molar-refractivity contribution is 5.60. The van der Waals surface area contributed by atoms with Crippen LogP contribution in [0.3, 0.4) is 0 Å². The zero-order chi connectivity index (χ0) is 20.3. The Kier molecular flexibility index (Phi) is 5.71. The van der Waals surface area contributed by atoms with Crippen LogP contribution in [0.25, 0.3) is 11.3 Å². The molecule has 7 heteroatoms. The van der Waals surface area contributed by atoms with Gasteiger partial charge in [-0.15, -0.1) is 0 Å². The highest BCUT2D eigenvalue weighted by atomic mass is 19.1. The van der Waals surface area contributed by atoms with E-state index in [0.29, 0.717) is 32.5 Å². The minimum absolute atomic E-state index is 0.146. The van der Waals surface area contributed by atoms with E-state index in [1.54, 1.807) is 12.1 Å². The lowest BCUT2D eigenvalue weighted by Crippen LogP contribution is -2.54. The lowest BCUT2D eigenvalue weighted by atomic mass is 9.73. The van der Waals surface area contributed by atoms with Gasteiger partial charge in [-0.1, -0.05) is 42.5 Å². The Balaban J connectivity index is 1.53. The maximum absolute atomic E-state index is 13.2. The molecule has 0 bridgehead atoms. The van der Waals surface area contributed by atoms with E-state index in [4.69, 9.17) is 0 Å². The molecule has 6 nitrogen and oxygen atoms in total. The standard InChI is InChI=1S/C22H25FN4O2/c23-18-8-6-16(7-9-18)12-22(15-28)14-27(11-10-20(22)29)13-19-21(25-26-24-19)17-4-2-1-3-5-17/h1-9,20,28-29H,10-15H2,(H,24,25,26)/t20-,22-/m0/s1. The first-order chi connectivity index (χ1) is 14.1. The van der Waals surface area contributed by atoms with Crippen molar-refractivity contribution in [2.45, 2.75) is 25.5 Å². The number of nitrogens with zero attached hydrogens (tertiary/aromatic N) is 3. The van der Waals surface area contributed by atoms with Gasteiger partial charge in [0.1, 0.15) is 17.2 Å². The van der Waals surface area contributed by atoms with Crippen molar-refractivity contribution in [1.29, 1.82) is 0 Å². The Bertz CT molecular complexity index is 932. The van der Waals surface area contributed by atoms with Crippen LogP contribution >= 0.6 is 0 Å². The SMILES string of the molecule is OC[C@]1(Cc2ccc(F)cc2)CN(Cc2n[nH]nc2-c2ccccc2)CC[C@@H]1O. The minimum Gasteiger partial charge on any atom is -0.396 e. The predicted molar refractivity (Wildman–Crippen MR) is 107 cm³/mol. The summed E-state index contributed by atoms with van der Waals surface area (Å²) < 4.78 is 13.2. The van der Waals surface area contributed by atoms with Gasteiger partial charge >= 0.3 is 0 Å². The van der Waals surface area contributed by atoms with Crippen molar-refractivity contribution in [2.24, 2.45) is 5.41 Å². The van der Waals surface area contributed by atoms with Gasteiger partial charge in [-0.05, 0) is 30.5 Å². The minimum atomic E-state index is -0.702. The highest BCUT2D eigenvalue weighted by Crippen LogP contribution is 2.35. The molecule has 3 aromatic rings. The number of nitrogens with one attached hydrogen (secondary N) is 1. The Morgan fingerprint density at radius 2 is 1.86 bits per heavy atom. The second-order valence-electron chi connectivity index (χ2n) is 7.82. The largest absolute Gasteiger partial charge is 0.396 e. The zero-order valence-electron chi connectivity index (χ0n) is 16.1. The van der Waals surface area contributed by atoms with Crippen LogP contribution in [0, 0.1) is 11.2 Å². The molecule has 0 aliphatic carbocycles. The molecule has 0 amide bonds. The van der Waals surface area contributed by atoms with E-state index in [1.807, 2.05) is 30.3 Å². The second-order valence-corrected chi connectivity index (χ2v) is 7.82. The van der Waals surface area contributed by atoms with Crippen LogP contribution in [0.15, 0.2) is 54.6 Å². The number of aromatic nitrogens is 3. The number of aromatic amines is 1. The quantitative estimate of drug-likeness (QED) is 0.596. The van der Waals surface area contributed by atoms with Crippen molar-refractivity contribution in [3.8, 4) is 11.3 Å². The summed E-state index contributed by atoms with van der Waals surface area (Å²) in [5.74, 6) is -0.294. The molecule has 2 heterocycles. The molecule has 1 aromatic heterocycles. The van der Waals surface area contributed by atoms with Gasteiger partial charge in [-0.3, -0.25) is 4.90 Å². The van der Waals surface area contributed by atoms with E-state index < -0.39 is 11.5 Å². The molecule has 0 unspecified atom stereocenters. The summed E-state index contributed by atoms with van der Waals surface area (Å²) in [4.78, 5) is 2.19. The molecule has 1 aliphatic heterocycles. The Labute approximate surface area is 169 Å². The average molecular weight is 396 g/mol. The number of benzene rings is 2. The number of rotatable bonds is 6. The van der Waals surface area contributed by atoms with Crippen LogP contribution in [0.4, 0.5) is 4.39 Å². The van der Waals surface area contributed by atoms with Crippen molar-refractivity contribution in [1.82, 2.24) is 20.3 Å². The highest BCUT2D eigenvalue weighted by Gasteiger charge is 2.42. The third-order valence-corrected chi connectivity index (χ3v) is 5.79. The van der Waals surface area contributed by atoms with E-state index in [1.165, 1.54) is 12.1 Å². The van der Waals surface area contributed by atoms with E-state index in [2.05, 4.69) is 20.3 Å². The summed E-state index contributed by atoms with van der Waals surface area (Å²) in [6.07, 6.45) is 0.409. The zero-order valence-corrected chi connectivity index (χ0v) is 16.1. The van der Waals surface area contributed by atoms with Crippen LogP contribution in [0.2, 0.25) is 0 Å². The summed E-state index contributed by atoms with van der Waals surface area (Å²) in [6.45, 7) is 1.64. The lowest BCUT2D eigenvalue weighted by molar-refractivity contribution is -0.0770. The van der Waals surface area contributed by atoms with Crippen LogP contribution in [0.1, 0.15) is 17.7 Å². The van der Waals surface area contributed by atoms with Crippen LogP contribution in [-0.4, -0.2) is 56.3 Å². The Morgan fingerprint density at radius 1 is 1.10 bits per heavy atom. The number of piperidine rings is 1. The van der Waals surface area contributed by atoms with E-state index >= 15 is 0 Å². The van der Waals surface area contributed by atoms with Gasteiger partial charge in [0.05, 0.1) is 12.7 Å². The van der Waals surface area contributed by atoms with Crippen LogP contribution in [0.5, 0.6) is 0 Å². The van der Waals surface area contributed by atoms with Crippen LogP contribution in [-0.2, 0) is 13.0 Å². The first-order valence-electron chi connectivity index (χ1n) is 9.80. The van der Waals surface area contributed by atoms with Crippen molar-refractivity contribution in [3.05, 3.63) is 71.7 Å². The molecule has 2 atom stereocenters. The summed E-state index contributed by atoms with van der Waals surface area (Å²) in [5, 5.41) is 32.3. The molecular formula is C22H25FN4O2. The van der Waals surface area contributed by atoms with Crippen LogP contribution < -0.4 is 0 Å². The molecule has 0 saturated carbocycles. The molecule has 0 radical (unpaired) electrons. The maximum atomic E-state index is 13.2. The Morgan fingerprint density at radius 3 is 2.59 bits per heavy atom. The third-order valence-electron chi connectivity index (χ3n) is 5.79. The predicted octanol–water partition coefficient (Wildman–Crippen LogP) is 2.40. The molecular weight excluding hydrogens is 371 g/mol. The molecule has 1 fully saturated rings. The fourth-order valence-corrected chi connectivity index (χ4v) is 4.17. The third kappa shape index (κ3) is 4.22. The molecule has 4 rings (SSSR count). The number of halogens is 1. The van der Waals surface area contributed by atoms with E-state index in [9.17, 15) is 14.6 Å². The average Bonchev–Trinajstić information content (AvgIpc) is 3.21. The number of H-pyrrole nitrogens is 1. The fourth-order valence-electron chi connectivity index (χ4n) is 4.17. The molecule has 0 spiro atoms. The van der Waals surface area contributed by atoms with Gasteiger partial charge in [-0.2, -0.15) is 15.4 Å². The second kappa shape index (κ2) is 8.41. The molecule has 3 N–H and O–H groups in total. The van der Waals surface area contributed by atoms with Gasteiger partial charge in [-0.25, -0.2) is 4.39 Å². The molecule has 152 valence electrons. The van der Waals surface area contributed by atoms with Gasteiger partial charge < -0.3 is 10.2 Å². The van der Waals surface area contributed by atoms with Gasteiger partial charge in [0.15, 0.2) is 0 Å². The first kappa shape index (κ1) is 19.7. The topological polar surface area (TPSA) is 85.3 Å². The van der Waals surface area contributed by atoms with Gasteiger partial charge in [0.2, 0.25) is 0 Å². The number of aliphatic hydroxyl groups is 2. The Hall–Kier alpha value is -2.61. The number of aliphatic hydroxyl groups excluding tert-OH is 2. The summed E-state index contributed by atoms with van der Waals surface area (Å²) in [6, 6.07) is 16.1. The lowest BCUT2D eigenvalue weighted by Gasteiger charge is -2.45. The molecule has 29 heavy (non-hydrogen) atoms. The van der Waals surface area contributed by atoms with E-state index in [-0.39, 0.29) is 12.4 Å². The van der Waals surface area contributed by atoms with Crippen molar-refractivity contribution in [2.75, 3.05) is 19.7 Å². The molecule has 1 aliphatic rings. The fraction of sp³-hybridized carbons (Fsp3) is 0.364. The van der Waals surface area contributed by atoms with Crippen molar-refractivity contribution >= 4 is 0 Å². The summed E-state index contributed by atoms with van der Waals surface area (Å²) >= 11 is 0. The number of hydrogen-bond donors (Lipinski definition) is 3. The molecule has 2 aromatic carbocycles. The maximum Gasteiger partial charge on any atom is 0.123 e. The first-order valence-corrected chi connectivity index (χ1v) is 9.80. The smallest absolute Gasteiger partial charge is 0.123 e. The number of likely N-dealkylation sites (tertiary alicyclic amines) is 1. The van der Waals surface area contributed by atoms with Crippen molar-refractivity contribution in [3.63, 3.8) is 0 Å². The monoisotopic (exact) mass is 396 g/mol. The van der Waals surface area contributed by atoms with Gasteiger partial charge in [0, 0.05) is 30.6 Å². The van der Waals surface area contributed by atoms with Crippen molar-refractivity contribution < 1.29 is 14.6 Å². The van der Waals surface area contributed by atoms with E-state index in [0.717, 1.165) is 22.5 Å². The normalized spacial score (nSPS) is 22.7. The number of hydrogen-bond acceptors (Lipinski definition) is 5. The summed E-state index contributed by atoms with van der Waals surface area (Å²) in [7, 11) is 0. The van der Waals surface area contributed by atoms with Gasteiger partial charge in [0.25, 0.3) is 0 Å².